The van der Waals surface area contributed by atoms with Gasteiger partial charge in [-0.1, -0.05) is 78.9 Å². The number of nitriles is 2. The Morgan fingerprint density at radius 2 is 0.896 bits per heavy atom. The molecule has 2 aromatic heterocycles. The zero-order valence-electron chi connectivity index (χ0n) is 25.8. The van der Waals surface area contributed by atoms with Crippen molar-refractivity contribution in [2.75, 3.05) is 0 Å². The van der Waals surface area contributed by atoms with Crippen LogP contribution in [0.1, 0.15) is 11.1 Å². The van der Waals surface area contributed by atoms with Crippen molar-refractivity contribution in [1.82, 2.24) is 9.13 Å². The van der Waals surface area contributed by atoms with Gasteiger partial charge in [-0.05, 0) is 95.6 Å². The summed E-state index contributed by atoms with van der Waals surface area (Å²) in [7, 11) is 0. The molecule has 0 aliphatic rings. The molecule has 4 nitrogen and oxygen atoms in total. The van der Waals surface area contributed by atoms with Crippen LogP contribution in [0.4, 0.5) is 0 Å². The molecule has 7 aromatic carbocycles. The number of hydrogen-bond acceptors (Lipinski definition) is 2. The molecule has 0 atom stereocenters. The summed E-state index contributed by atoms with van der Waals surface area (Å²) >= 11 is 0. The lowest BCUT2D eigenvalue weighted by Crippen LogP contribution is -1.96. The lowest BCUT2D eigenvalue weighted by atomic mass is 9.93. The van der Waals surface area contributed by atoms with Crippen molar-refractivity contribution in [2.45, 2.75) is 0 Å². The van der Waals surface area contributed by atoms with E-state index in [-0.39, 0.29) is 0 Å². The van der Waals surface area contributed by atoms with Gasteiger partial charge < -0.3 is 9.13 Å². The van der Waals surface area contributed by atoms with Crippen molar-refractivity contribution in [3.8, 4) is 45.8 Å². The predicted octanol–water partition coefficient (Wildman–Crippen LogP) is 11.0. The fourth-order valence-corrected chi connectivity index (χ4v) is 7.25. The highest BCUT2D eigenvalue weighted by Crippen LogP contribution is 2.43. The second kappa shape index (κ2) is 10.9. The van der Waals surface area contributed by atoms with E-state index in [1.165, 1.54) is 10.8 Å². The molecule has 0 N–H and O–H groups in total. The first-order valence-electron chi connectivity index (χ1n) is 15.9. The van der Waals surface area contributed by atoms with Crippen LogP contribution in [-0.4, -0.2) is 9.13 Å². The minimum absolute atomic E-state index is 0.458. The first-order chi connectivity index (χ1) is 23.7. The van der Waals surface area contributed by atoms with Gasteiger partial charge >= 0.3 is 0 Å². The highest BCUT2D eigenvalue weighted by Gasteiger charge is 2.20. The van der Waals surface area contributed by atoms with E-state index < -0.39 is 0 Å². The molecule has 0 fully saturated rings. The van der Waals surface area contributed by atoms with Crippen LogP contribution in [0.3, 0.4) is 0 Å². The second-order valence-corrected chi connectivity index (χ2v) is 12.1. The molecule has 0 aliphatic heterocycles. The SMILES string of the molecule is N#Cc1cc(C#N)cc(-c2cc(-c3ccc4c(c3)c3ccccc3n4-c3ccccc3)cc3c4ccccc4n(-c4ccccc4)c23)c1. The molecule has 0 spiro atoms. The third kappa shape index (κ3) is 4.22. The summed E-state index contributed by atoms with van der Waals surface area (Å²) in [6, 6.07) is 59.1. The van der Waals surface area contributed by atoms with E-state index in [4.69, 9.17) is 0 Å². The highest BCUT2D eigenvalue weighted by atomic mass is 15.0. The quantitative estimate of drug-likeness (QED) is 0.199. The third-order valence-electron chi connectivity index (χ3n) is 9.31. The van der Waals surface area contributed by atoms with Gasteiger partial charge in [-0.2, -0.15) is 10.5 Å². The Morgan fingerprint density at radius 3 is 1.54 bits per heavy atom. The van der Waals surface area contributed by atoms with Crippen LogP contribution in [0.25, 0.3) is 77.2 Å². The van der Waals surface area contributed by atoms with Gasteiger partial charge in [0.2, 0.25) is 0 Å². The molecule has 0 unspecified atom stereocenters. The van der Waals surface area contributed by atoms with Crippen LogP contribution in [0.2, 0.25) is 0 Å². The number of para-hydroxylation sites is 4. The summed E-state index contributed by atoms with van der Waals surface area (Å²) in [6.45, 7) is 0. The van der Waals surface area contributed by atoms with Gasteiger partial charge in [-0.3, -0.25) is 0 Å². The molecule has 48 heavy (non-hydrogen) atoms. The van der Waals surface area contributed by atoms with Crippen LogP contribution in [0.15, 0.2) is 158 Å². The maximum Gasteiger partial charge on any atom is 0.0992 e. The van der Waals surface area contributed by atoms with Gasteiger partial charge in [-0.25, -0.2) is 0 Å². The first-order valence-corrected chi connectivity index (χ1v) is 15.9. The third-order valence-corrected chi connectivity index (χ3v) is 9.31. The lowest BCUT2D eigenvalue weighted by Gasteiger charge is -2.14. The van der Waals surface area contributed by atoms with Gasteiger partial charge in [0.25, 0.3) is 0 Å². The van der Waals surface area contributed by atoms with Crippen molar-refractivity contribution in [3.63, 3.8) is 0 Å². The molecule has 0 aliphatic carbocycles. The molecule has 0 saturated carbocycles. The molecule has 0 radical (unpaired) electrons. The van der Waals surface area contributed by atoms with E-state index in [1.807, 2.05) is 24.3 Å². The molecule has 9 aromatic rings. The van der Waals surface area contributed by atoms with Crippen LogP contribution in [0, 0.1) is 22.7 Å². The number of hydrogen-bond donors (Lipinski definition) is 0. The van der Waals surface area contributed by atoms with Crippen molar-refractivity contribution in [1.29, 1.82) is 10.5 Å². The van der Waals surface area contributed by atoms with Crippen molar-refractivity contribution in [3.05, 3.63) is 169 Å². The molecule has 4 heteroatoms. The Hall–Kier alpha value is -6.88. The van der Waals surface area contributed by atoms with Crippen LogP contribution < -0.4 is 0 Å². The normalized spacial score (nSPS) is 11.3. The Labute approximate surface area is 277 Å². The Kier molecular flexibility index (Phi) is 6.22. The number of benzene rings is 7. The molecular formula is C44H26N4. The van der Waals surface area contributed by atoms with Crippen molar-refractivity contribution < 1.29 is 0 Å². The van der Waals surface area contributed by atoms with E-state index in [1.54, 1.807) is 6.07 Å². The Bertz CT molecular complexity index is 2760. The van der Waals surface area contributed by atoms with Crippen molar-refractivity contribution >= 4 is 43.6 Å². The van der Waals surface area contributed by atoms with Crippen LogP contribution in [0.5, 0.6) is 0 Å². The maximum atomic E-state index is 9.93. The lowest BCUT2D eigenvalue weighted by molar-refractivity contribution is 1.18. The van der Waals surface area contributed by atoms with Gasteiger partial charge in [0.15, 0.2) is 0 Å². The maximum absolute atomic E-state index is 9.93. The summed E-state index contributed by atoms with van der Waals surface area (Å²) in [5.41, 5.74) is 11.5. The smallest absolute Gasteiger partial charge is 0.0992 e. The van der Waals surface area contributed by atoms with Gasteiger partial charge in [0.1, 0.15) is 0 Å². The van der Waals surface area contributed by atoms with E-state index in [0.29, 0.717) is 11.1 Å². The van der Waals surface area contributed by atoms with Crippen LogP contribution >= 0.6 is 0 Å². The fraction of sp³-hybridized carbons (Fsp3) is 0. The van der Waals surface area contributed by atoms with Gasteiger partial charge in [0, 0.05) is 38.5 Å². The average molecular weight is 611 g/mol. The Morgan fingerprint density at radius 1 is 0.375 bits per heavy atom. The van der Waals surface area contributed by atoms with E-state index in [2.05, 4.69) is 149 Å². The topological polar surface area (TPSA) is 57.4 Å². The fourth-order valence-electron chi connectivity index (χ4n) is 7.25. The summed E-state index contributed by atoms with van der Waals surface area (Å²) in [5, 5.41) is 24.5. The van der Waals surface area contributed by atoms with E-state index in [9.17, 15) is 10.5 Å². The minimum Gasteiger partial charge on any atom is -0.309 e. The summed E-state index contributed by atoms with van der Waals surface area (Å²) in [6.07, 6.45) is 0. The van der Waals surface area contributed by atoms with E-state index >= 15 is 0 Å². The largest absolute Gasteiger partial charge is 0.309 e. The molecule has 0 saturated heterocycles. The van der Waals surface area contributed by atoms with E-state index in [0.717, 1.165) is 66.5 Å². The molecule has 222 valence electrons. The molecule has 9 rings (SSSR count). The monoisotopic (exact) mass is 610 g/mol. The summed E-state index contributed by atoms with van der Waals surface area (Å²) < 4.78 is 4.62. The molecule has 0 amide bonds. The zero-order valence-corrected chi connectivity index (χ0v) is 25.8. The Balaban J connectivity index is 1.38. The summed E-state index contributed by atoms with van der Waals surface area (Å²) in [4.78, 5) is 0. The average Bonchev–Trinajstić information content (AvgIpc) is 3.67. The number of fused-ring (bicyclic) bond motifs is 6. The molecule has 2 heterocycles. The molecular weight excluding hydrogens is 585 g/mol. The predicted molar refractivity (Wildman–Crippen MR) is 195 cm³/mol. The minimum atomic E-state index is 0.458. The standard InChI is InChI=1S/C44H26N4/c45-27-29-21-30(28-46)23-33(22-29)38-25-32(26-40-37-16-8-10-18-42(37)48(44(38)40)35-13-5-2-6-14-35)31-19-20-43-39(24-31)36-15-7-9-17-41(36)47(43)34-11-3-1-4-12-34/h1-26H. The van der Waals surface area contributed by atoms with Gasteiger partial charge in [0.05, 0.1) is 45.3 Å². The number of rotatable bonds is 4. The van der Waals surface area contributed by atoms with Crippen LogP contribution in [-0.2, 0) is 0 Å². The first kappa shape index (κ1) is 27.4. The highest BCUT2D eigenvalue weighted by molar-refractivity contribution is 6.16. The second-order valence-electron chi connectivity index (χ2n) is 12.1. The number of aromatic nitrogens is 2. The van der Waals surface area contributed by atoms with Crippen molar-refractivity contribution in [2.24, 2.45) is 0 Å². The molecule has 0 bridgehead atoms. The number of nitrogens with zero attached hydrogens (tertiary/aromatic N) is 4. The zero-order chi connectivity index (χ0) is 32.2. The summed E-state index contributed by atoms with van der Waals surface area (Å²) in [5.74, 6) is 0. The van der Waals surface area contributed by atoms with Gasteiger partial charge in [-0.15, -0.1) is 0 Å².